The number of rotatable bonds is 3. The maximum absolute atomic E-state index is 10.8. The number of nitro groups is 1. The molecule has 90 valence electrons. The topological polar surface area (TPSA) is 52.4 Å². The normalized spacial score (nSPS) is 49.6. The monoisotopic (exact) mass is 225 g/mol. The maximum Gasteiger partial charge on any atom is 0.209 e. The molecule has 0 saturated heterocycles. The average molecular weight is 225 g/mol. The molecule has 0 N–H and O–H groups in total. The lowest BCUT2D eigenvalue weighted by Crippen LogP contribution is -2.56. The average Bonchev–Trinajstić information content (AvgIpc) is 2.13. The summed E-state index contributed by atoms with van der Waals surface area (Å²) in [5, 5.41) is 10.8. The van der Waals surface area contributed by atoms with Gasteiger partial charge < -0.3 is 4.74 Å². The van der Waals surface area contributed by atoms with Gasteiger partial charge in [-0.3, -0.25) is 10.1 Å². The summed E-state index contributed by atoms with van der Waals surface area (Å²) in [6, 6.07) is 0. The first kappa shape index (κ1) is 10.5. The quantitative estimate of drug-likeness (QED) is 0.546. The van der Waals surface area contributed by atoms with Crippen molar-refractivity contribution in [3.8, 4) is 0 Å². The number of nitrogens with zero attached hydrogens (tertiary/aromatic N) is 1. The van der Waals surface area contributed by atoms with Crippen LogP contribution in [0.5, 0.6) is 0 Å². The summed E-state index contributed by atoms with van der Waals surface area (Å²) in [6.07, 6.45) is 6.02. The molecule has 16 heavy (non-hydrogen) atoms. The second-order valence-corrected chi connectivity index (χ2v) is 6.16. The van der Waals surface area contributed by atoms with Crippen LogP contribution in [0.1, 0.15) is 32.1 Å². The molecule has 0 aromatic carbocycles. The zero-order chi connectivity index (χ0) is 11.3. The van der Waals surface area contributed by atoms with Gasteiger partial charge in [-0.05, 0) is 49.9 Å². The van der Waals surface area contributed by atoms with Crippen LogP contribution in [0.4, 0.5) is 0 Å². The second kappa shape index (κ2) is 3.42. The molecule has 5 atom stereocenters. The van der Waals surface area contributed by atoms with Crippen LogP contribution >= 0.6 is 0 Å². The number of hydrogen-bond acceptors (Lipinski definition) is 3. The highest BCUT2D eigenvalue weighted by Crippen LogP contribution is 2.60. The van der Waals surface area contributed by atoms with Crippen molar-refractivity contribution >= 4 is 0 Å². The Kier molecular flexibility index (Phi) is 2.25. The standard InChI is InChI=1S/C12H19NO3/c1-16-11-9-2-8-3-10(11)6-12(4-8,5-9)7-13(14)15/h8-11H,2-7H2,1H3/t8?,9-,10?,11?,12?/m0/s1. The second-order valence-electron chi connectivity index (χ2n) is 6.16. The molecule has 4 nitrogen and oxygen atoms in total. The van der Waals surface area contributed by atoms with E-state index in [4.69, 9.17) is 4.74 Å². The van der Waals surface area contributed by atoms with Gasteiger partial charge in [-0.1, -0.05) is 0 Å². The van der Waals surface area contributed by atoms with Crippen LogP contribution < -0.4 is 0 Å². The van der Waals surface area contributed by atoms with Crippen LogP contribution in [0.25, 0.3) is 0 Å². The smallest absolute Gasteiger partial charge is 0.209 e. The number of methoxy groups -OCH3 is 1. The van der Waals surface area contributed by atoms with Gasteiger partial charge in [-0.25, -0.2) is 0 Å². The third-order valence-electron chi connectivity index (χ3n) is 5.05. The lowest BCUT2D eigenvalue weighted by Gasteiger charge is -2.58. The Labute approximate surface area is 95.5 Å². The Bertz CT molecular complexity index is 301. The highest BCUT2D eigenvalue weighted by molar-refractivity contribution is 5.05. The van der Waals surface area contributed by atoms with Crippen LogP contribution in [0.3, 0.4) is 0 Å². The third kappa shape index (κ3) is 1.46. The molecule has 0 amide bonds. The Balaban J connectivity index is 1.83. The Morgan fingerprint density at radius 1 is 1.31 bits per heavy atom. The maximum atomic E-state index is 10.8. The molecule has 4 saturated carbocycles. The van der Waals surface area contributed by atoms with Crippen LogP contribution in [0, 0.1) is 33.3 Å². The molecule has 4 unspecified atom stereocenters. The van der Waals surface area contributed by atoms with E-state index >= 15 is 0 Å². The summed E-state index contributed by atoms with van der Waals surface area (Å²) in [4.78, 5) is 10.7. The van der Waals surface area contributed by atoms with E-state index in [0.29, 0.717) is 17.9 Å². The van der Waals surface area contributed by atoms with Gasteiger partial charge in [0.1, 0.15) is 0 Å². The fourth-order valence-electron chi connectivity index (χ4n) is 5.00. The minimum Gasteiger partial charge on any atom is -0.381 e. The predicted octanol–water partition coefficient (Wildman–Crippen LogP) is 2.10. The van der Waals surface area contributed by atoms with Crippen molar-refractivity contribution in [1.29, 1.82) is 0 Å². The van der Waals surface area contributed by atoms with Gasteiger partial charge in [0.25, 0.3) is 0 Å². The number of hydrogen-bond donors (Lipinski definition) is 0. The molecule has 0 radical (unpaired) electrons. The molecular weight excluding hydrogens is 206 g/mol. The Morgan fingerprint density at radius 3 is 2.44 bits per heavy atom. The molecule has 4 heteroatoms. The molecule has 0 aromatic heterocycles. The molecule has 0 spiro atoms. The van der Waals surface area contributed by atoms with E-state index in [0.717, 1.165) is 25.2 Å². The minimum atomic E-state index is -0.102. The van der Waals surface area contributed by atoms with Gasteiger partial charge in [0.15, 0.2) is 0 Å². The van der Waals surface area contributed by atoms with Crippen molar-refractivity contribution in [3.63, 3.8) is 0 Å². The SMILES string of the molecule is COC1C2CC3C[C@H]1CC(C[N+](=O)[O-])(C3)C2. The van der Waals surface area contributed by atoms with Crippen molar-refractivity contribution in [2.75, 3.05) is 13.7 Å². The van der Waals surface area contributed by atoms with E-state index in [-0.39, 0.29) is 16.9 Å². The zero-order valence-electron chi connectivity index (χ0n) is 9.72. The van der Waals surface area contributed by atoms with E-state index in [2.05, 4.69) is 0 Å². The third-order valence-corrected chi connectivity index (χ3v) is 5.05. The summed E-state index contributed by atoms with van der Waals surface area (Å²) in [6.45, 7) is 0.187. The Morgan fingerprint density at radius 2 is 1.94 bits per heavy atom. The van der Waals surface area contributed by atoms with Crippen molar-refractivity contribution in [2.45, 2.75) is 38.2 Å². The Hall–Kier alpha value is -0.640. The van der Waals surface area contributed by atoms with E-state index < -0.39 is 0 Å². The molecule has 4 bridgehead atoms. The highest BCUT2D eigenvalue weighted by Gasteiger charge is 2.57. The lowest BCUT2D eigenvalue weighted by molar-refractivity contribution is -0.503. The summed E-state index contributed by atoms with van der Waals surface area (Å²) >= 11 is 0. The van der Waals surface area contributed by atoms with Crippen LogP contribution in [-0.2, 0) is 4.74 Å². The van der Waals surface area contributed by atoms with E-state index in [1.54, 1.807) is 7.11 Å². The molecule has 0 heterocycles. The van der Waals surface area contributed by atoms with Crippen molar-refractivity contribution in [2.24, 2.45) is 23.2 Å². The van der Waals surface area contributed by atoms with E-state index in [1.165, 1.54) is 12.8 Å². The van der Waals surface area contributed by atoms with Crippen molar-refractivity contribution < 1.29 is 9.66 Å². The molecule has 0 aromatic rings. The fourth-order valence-corrected chi connectivity index (χ4v) is 5.00. The largest absolute Gasteiger partial charge is 0.381 e. The molecular formula is C12H19NO3. The van der Waals surface area contributed by atoms with Crippen LogP contribution in [0.15, 0.2) is 0 Å². The number of ether oxygens (including phenoxy) is 1. The summed E-state index contributed by atoms with van der Waals surface area (Å²) in [5.41, 5.74) is 0.0228. The highest BCUT2D eigenvalue weighted by atomic mass is 16.6. The summed E-state index contributed by atoms with van der Waals surface area (Å²) in [7, 11) is 1.80. The van der Waals surface area contributed by atoms with Gasteiger partial charge >= 0.3 is 0 Å². The lowest BCUT2D eigenvalue weighted by atomic mass is 9.48. The molecule has 4 aliphatic rings. The van der Waals surface area contributed by atoms with E-state index in [9.17, 15) is 10.1 Å². The van der Waals surface area contributed by atoms with Crippen LogP contribution in [-0.4, -0.2) is 24.7 Å². The van der Waals surface area contributed by atoms with Crippen molar-refractivity contribution in [3.05, 3.63) is 10.1 Å². The van der Waals surface area contributed by atoms with Crippen molar-refractivity contribution in [1.82, 2.24) is 0 Å². The van der Waals surface area contributed by atoms with Gasteiger partial charge in [0, 0.05) is 17.4 Å². The van der Waals surface area contributed by atoms with Gasteiger partial charge in [-0.2, -0.15) is 0 Å². The van der Waals surface area contributed by atoms with E-state index in [1.807, 2.05) is 0 Å². The fraction of sp³-hybridized carbons (Fsp3) is 1.00. The zero-order valence-corrected chi connectivity index (χ0v) is 9.72. The van der Waals surface area contributed by atoms with Crippen LogP contribution in [0.2, 0.25) is 0 Å². The summed E-state index contributed by atoms with van der Waals surface area (Å²) < 4.78 is 5.61. The minimum absolute atomic E-state index is 0.0228. The first-order valence-corrected chi connectivity index (χ1v) is 6.26. The summed E-state index contributed by atoms with van der Waals surface area (Å²) in [5.74, 6) is 1.93. The molecule has 0 aliphatic heterocycles. The molecule has 4 aliphatic carbocycles. The molecule has 4 fully saturated rings. The first-order chi connectivity index (χ1) is 7.62. The molecule has 4 rings (SSSR count). The predicted molar refractivity (Wildman–Crippen MR) is 58.6 cm³/mol. The van der Waals surface area contributed by atoms with Gasteiger partial charge in [-0.15, -0.1) is 0 Å². The first-order valence-electron chi connectivity index (χ1n) is 6.26. The van der Waals surface area contributed by atoms with Gasteiger partial charge in [0.05, 0.1) is 6.10 Å². The van der Waals surface area contributed by atoms with Gasteiger partial charge in [0.2, 0.25) is 6.54 Å².